The zero-order valence-electron chi connectivity index (χ0n) is 8.28. The lowest BCUT2D eigenvalue weighted by Gasteiger charge is -2.31. The van der Waals surface area contributed by atoms with Gasteiger partial charge in [-0.3, -0.25) is 4.90 Å². The van der Waals surface area contributed by atoms with E-state index in [1.54, 1.807) is 0 Å². The van der Waals surface area contributed by atoms with Gasteiger partial charge >= 0.3 is 6.18 Å². The van der Waals surface area contributed by atoms with Gasteiger partial charge in [0.2, 0.25) is 0 Å². The lowest BCUT2D eigenvalue weighted by molar-refractivity contribution is -0.171. The van der Waals surface area contributed by atoms with Crippen LogP contribution in [0.3, 0.4) is 0 Å². The molecule has 1 nitrogen and oxygen atoms in total. The summed E-state index contributed by atoms with van der Waals surface area (Å²) in [6.45, 7) is 6.57. The molecule has 4 heteroatoms. The number of nitrogens with zero attached hydrogens (tertiary/aromatic N) is 1. The summed E-state index contributed by atoms with van der Waals surface area (Å²) in [6, 6.07) is 0. The lowest BCUT2D eigenvalue weighted by atomic mass is 10.1. The maximum absolute atomic E-state index is 12.3. The molecule has 0 aromatic rings. The first kappa shape index (κ1) is 10.8. The number of rotatable bonds is 0. The summed E-state index contributed by atoms with van der Waals surface area (Å²) in [7, 11) is 0. The number of hydrogen-bond acceptors (Lipinski definition) is 1. The lowest BCUT2D eigenvalue weighted by Crippen LogP contribution is -2.40. The molecule has 1 rings (SSSR count). The van der Waals surface area contributed by atoms with E-state index in [1.807, 2.05) is 25.7 Å². The highest BCUT2D eigenvalue weighted by atomic mass is 19.4. The van der Waals surface area contributed by atoms with E-state index in [2.05, 4.69) is 0 Å². The van der Waals surface area contributed by atoms with Gasteiger partial charge in [0.15, 0.2) is 0 Å². The predicted molar refractivity (Wildman–Crippen MR) is 45.5 cm³/mol. The first-order valence-electron chi connectivity index (χ1n) is 4.53. The summed E-state index contributed by atoms with van der Waals surface area (Å²) in [4.78, 5) is 1.89. The summed E-state index contributed by atoms with van der Waals surface area (Å²) in [5.41, 5.74) is -0.139. The Bertz CT molecular complexity index is 160. The van der Waals surface area contributed by atoms with Crippen LogP contribution >= 0.6 is 0 Å². The summed E-state index contributed by atoms with van der Waals surface area (Å²) >= 11 is 0. The second-order valence-corrected chi connectivity index (χ2v) is 4.64. The van der Waals surface area contributed by atoms with Gasteiger partial charge in [0.1, 0.15) is 0 Å². The van der Waals surface area contributed by atoms with Crippen LogP contribution in [0, 0.1) is 5.92 Å². The minimum atomic E-state index is -4.01. The van der Waals surface area contributed by atoms with Crippen LogP contribution in [-0.2, 0) is 0 Å². The van der Waals surface area contributed by atoms with E-state index >= 15 is 0 Å². The fourth-order valence-electron chi connectivity index (χ4n) is 1.64. The number of alkyl halides is 3. The van der Waals surface area contributed by atoms with E-state index in [1.165, 1.54) is 0 Å². The second-order valence-electron chi connectivity index (χ2n) is 4.64. The molecule has 0 saturated carbocycles. The minimum absolute atomic E-state index is 0.139. The highest BCUT2D eigenvalue weighted by molar-refractivity contribution is 4.87. The first-order chi connectivity index (χ1) is 5.71. The molecule has 1 aliphatic heterocycles. The minimum Gasteiger partial charge on any atom is -0.298 e. The fourth-order valence-corrected chi connectivity index (χ4v) is 1.64. The van der Waals surface area contributed by atoms with Crippen molar-refractivity contribution in [2.24, 2.45) is 5.92 Å². The molecule has 1 heterocycles. The third-order valence-corrected chi connectivity index (χ3v) is 2.60. The SMILES string of the molecule is CC(C)(C)N1CCC(C(F)(F)F)C1. The third-order valence-electron chi connectivity index (χ3n) is 2.60. The van der Waals surface area contributed by atoms with E-state index < -0.39 is 12.1 Å². The number of likely N-dealkylation sites (tertiary alicyclic amines) is 1. The van der Waals surface area contributed by atoms with E-state index in [-0.39, 0.29) is 18.5 Å². The van der Waals surface area contributed by atoms with Gasteiger partial charge in [-0.15, -0.1) is 0 Å². The van der Waals surface area contributed by atoms with Gasteiger partial charge in [0.25, 0.3) is 0 Å². The van der Waals surface area contributed by atoms with Crippen LogP contribution in [0.5, 0.6) is 0 Å². The predicted octanol–water partition coefficient (Wildman–Crippen LogP) is 2.67. The van der Waals surface area contributed by atoms with Crippen molar-refractivity contribution in [1.29, 1.82) is 0 Å². The third kappa shape index (κ3) is 2.59. The van der Waals surface area contributed by atoms with Gasteiger partial charge in [0, 0.05) is 12.1 Å². The molecule has 1 aliphatic rings. The van der Waals surface area contributed by atoms with Gasteiger partial charge in [-0.05, 0) is 33.7 Å². The molecule has 0 N–H and O–H groups in total. The average molecular weight is 195 g/mol. The summed E-state index contributed by atoms with van der Waals surface area (Å²) in [6.07, 6.45) is -3.76. The molecule has 1 atom stereocenters. The highest BCUT2D eigenvalue weighted by Crippen LogP contribution is 2.35. The maximum Gasteiger partial charge on any atom is 0.393 e. The molecule has 0 spiro atoms. The number of halogens is 3. The maximum atomic E-state index is 12.3. The van der Waals surface area contributed by atoms with Crippen LogP contribution in [0.2, 0.25) is 0 Å². The molecular weight excluding hydrogens is 179 g/mol. The summed E-state index contributed by atoms with van der Waals surface area (Å²) in [5.74, 6) is -1.12. The Labute approximate surface area is 76.9 Å². The van der Waals surface area contributed by atoms with Gasteiger partial charge in [-0.25, -0.2) is 0 Å². The van der Waals surface area contributed by atoms with E-state index in [4.69, 9.17) is 0 Å². The molecule has 1 unspecified atom stereocenters. The molecule has 13 heavy (non-hydrogen) atoms. The van der Waals surface area contributed by atoms with Crippen LogP contribution in [0.4, 0.5) is 13.2 Å². The molecule has 1 fully saturated rings. The van der Waals surface area contributed by atoms with Crippen LogP contribution in [0.1, 0.15) is 27.2 Å². The van der Waals surface area contributed by atoms with Crippen molar-refractivity contribution >= 4 is 0 Å². The van der Waals surface area contributed by atoms with Crippen LogP contribution in [0.25, 0.3) is 0 Å². The van der Waals surface area contributed by atoms with E-state index in [0.29, 0.717) is 6.54 Å². The van der Waals surface area contributed by atoms with Crippen LogP contribution < -0.4 is 0 Å². The van der Waals surface area contributed by atoms with Crippen molar-refractivity contribution in [3.05, 3.63) is 0 Å². The molecule has 0 amide bonds. The molecule has 0 aromatic carbocycles. The topological polar surface area (TPSA) is 3.24 Å². The number of hydrogen-bond donors (Lipinski definition) is 0. The molecule has 78 valence electrons. The molecule has 1 saturated heterocycles. The molecule has 0 radical (unpaired) electrons. The molecule has 0 bridgehead atoms. The second kappa shape index (κ2) is 3.15. The Hall–Kier alpha value is -0.250. The van der Waals surface area contributed by atoms with Crippen molar-refractivity contribution in [2.75, 3.05) is 13.1 Å². The van der Waals surface area contributed by atoms with Crippen molar-refractivity contribution in [3.63, 3.8) is 0 Å². The Morgan fingerprint density at radius 2 is 1.69 bits per heavy atom. The van der Waals surface area contributed by atoms with Crippen molar-refractivity contribution in [2.45, 2.75) is 38.9 Å². The Morgan fingerprint density at radius 1 is 1.15 bits per heavy atom. The van der Waals surface area contributed by atoms with Crippen LogP contribution in [-0.4, -0.2) is 29.7 Å². The molecule has 0 aliphatic carbocycles. The van der Waals surface area contributed by atoms with Gasteiger partial charge < -0.3 is 0 Å². The first-order valence-corrected chi connectivity index (χ1v) is 4.53. The monoisotopic (exact) mass is 195 g/mol. The molecular formula is C9H16F3N. The normalized spacial score (nSPS) is 26.8. The Balaban J connectivity index is 2.55. The zero-order chi connectivity index (χ0) is 10.3. The van der Waals surface area contributed by atoms with Crippen molar-refractivity contribution < 1.29 is 13.2 Å². The van der Waals surface area contributed by atoms with E-state index in [9.17, 15) is 13.2 Å². The van der Waals surface area contributed by atoms with Gasteiger partial charge in [0.05, 0.1) is 5.92 Å². The van der Waals surface area contributed by atoms with Crippen molar-refractivity contribution in [3.8, 4) is 0 Å². The Kier molecular flexibility index (Phi) is 2.63. The Morgan fingerprint density at radius 3 is 1.92 bits per heavy atom. The van der Waals surface area contributed by atoms with E-state index in [0.717, 1.165) is 0 Å². The summed E-state index contributed by atoms with van der Waals surface area (Å²) < 4.78 is 36.9. The van der Waals surface area contributed by atoms with Crippen LogP contribution in [0.15, 0.2) is 0 Å². The highest BCUT2D eigenvalue weighted by Gasteiger charge is 2.45. The van der Waals surface area contributed by atoms with Crippen molar-refractivity contribution in [1.82, 2.24) is 4.90 Å². The standard InChI is InChI=1S/C9H16F3N/c1-8(2,3)13-5-4-7(6-13)9(10,11)12/h7H,4-6H2,1-3H3. The average Bonchev–Trinajstić information content (AvgIpc) is 2.28. The zero-order valence-corrected chi connectivity index (χ0v) is 8.28. The smallest absolute Gasteiger partial charge is 0.298 e. The summed E-state index contributed by atoms with van der Waals surface area (Å²) in [5, 5.41) is 0. The van der Waals surface area contributed by atoms with Gasteiger partial charge in [-0.1, -0.05) is 0 Å². The largest absolute Gasteiger partial charge is 0.393 e. The van der Waals surface area contributed by atoms with Gasteiger partial charge in [-0.2, -0.15) is 13.2 Å². The molecule has 0 aromatic heterocycles. The quantitative estimate of drug-likeness (QED) is 0.574. The fraction of sp³-hybridized carbons (Fsp3) is 1.00.